The molecule has 0 aromatic heterocycles. The van der Waals surface area contributed by atoms with Gasteiger partial charge in [-0.15, -0.1) is 0 Å². The highest BCUT2D eigenvalue weighted by molar-refractivity contribution is 5.74. The first-order valence-electron chi connectivity index (χ1n) is 10.6. The van der Waals surface area contributed by atoms with Crippen LogP contribution in [-0.4, -0.2) is 76.9 Å². The molecule has 4 rings (SSSR count). The van der Waals surface area contributed by atoms with Gasteiger partial charge in [0.05, 0.1) is 34.5 Å². The molecule has 2 aliphatic heterocycles. The summed E-state index contributed by atoms with van der Waals surface area (Å²) in [5.74, 6) is 3.94. The molecule has 0 saturated carbocycles. The maximum Gasteiger partial charge on any atom is 0.130 e. The van der Waals surface area contributed by atoms with E-state index in [2.05, 4.69) is 4.90 Å². The Hall–Kier alpha value is -2.48. The summed E-state index contributed by atoms with van der Waals surface area (Å²) in [6, 6.07) is 11.4. The maximum atomic E-state index is 10.5. The predicted molar refractivity (Wildman–Crippen MR) is 117 cm³/mol. The van der Waals surface area contributed by atoms with Crippen LogP contribution in [0.1, 0.15) is 0 Å². The summed E-state index contributed by atoms with van der Waals surface area (Å²) in [7, 11) is 4.88. The van der Waals surface area contributed by atoms with Crippen LogP contribution >= 0.6 is 0 Å². The molecule has 3 atom stereocenters. The van der Waals surface area contributed by atoms with Crippen molar-refractivity contribution in [2.75, 3.05) is 60.8 Å². The normalized spacial score (nSPS) is 21.5. The van der Waals surface area contributed by atoms with Gasteiger partial charge >= 0.3 is 0 Å². The van der Waals surface area contributed by atoms with E-state index < -0.39 is 6.10 Å². The minimum Gasteiger partial charge on any atom is -0.497 e. The van der Waals surface area contributed by atoms with Crippen molar-refractivity contribution in [2.45, 2.75) is 6.10 Å². The number of nitrogens with zero attached hydrogens (tertiary/aromatic N) is 1. The lowest BCUT2D eigenvalue weighted by Crippen LogP contribution is -2.35. The summed E-state index contributed by atoms with van der Waals surface area (Å²) in [6.07, 6.45) is -0.565. The number of benzene rings is 2. The fraction of sp³-hybridized carbons (Fsp3) is 0.500. The van der Waals surface area contributed by atoms with Gasteiger partial charge in [-0.1, -0.05) is 0 Å². The Labute approximate surface area is 183 Å². The van der Waals surface area contributed by atoms with Crippen molar-refractivity contribution in [3.8, 4) is 34.1 Å². The molecule has 0 amide bonds. The first-order chi connectivity index (χ1) is 15.1. The fourth-order valence-electron chi connectivity index (χ4n) is 4.44. The molecule has 2 heterocycles. The number of β-amino-alcohol motifs (C(OH)–C–C–N with tert-alkyl or cyclic N) is 1. The van der Waals surface area contributed by atoms with Crippen LogP contribution < -0.4 is 18.9 Å². The molecule has 2 saturated heterocycles. The van der Waals surface area contributed by atoms with Crippen molar-refractivity contribution in [3.05, 3.63) is 36.4 Å². The van der Waals surface area contributed by atoms with Crippen LogP contribution in [0.2, 0.25) is 0 Å². The number of rotatable bonds is 9. The van der Waals surface area contributed by atoms with Gasteiger partial charge in [0.2, 0.25) is 0 Å². The Bertz CT molecular complexity index is 876. The second kappa shape index (κ2) is 9.77. The molecular formula is C24H31NO6. The molecule has 168 valence electrons. The number of hydrogen-bond donors (Lipinski definition) is 1. The number of aliphatic hydroxyl groups excluding tert-OH is 1. The SMILES string of the molecule is COc1cc(OCC(O)CN2C[C@H]3COC[C@H]3C2)cc(-c2ccc(OC)cc2OC)c1. The summed E-state index contributed by atoms with van der Waals surface area (Å²) in [6.45, 7) is 4.49. The first-order valence-corrected chi connectivity index (χ1v) is 10.6. The highest BCUT2D eigenvalue weighted by atomic mass is 16.5. The van der Waals surface area contributed by atoms with E-state index in [1.807, 2.05) is 36.4 Å². The highest BCUT2D eigenvalue weighted by Gasteiger charge is 2.37. The molecule has 2 fully saturated rings. The molecule has 1 N–H and O–H groups in total. The number of likely N-dealkylation sites (tertiary alicyclic amines) is 1. The van der Waals surface area contributed by atoms with Crippen molar-refractivity contribution in [1.82, 2.24) is 4.90 Å². The highest BCUT2D eigenvalue weighted by Crippen LogP contribution is 2.37. The molecule has 0 bridgehead atoms. The maximum absolute atomic E-state index is 10.5. The van der Waals surface area contributed by atoms with Gasteiger partial charge in [-0.25, -0.2) is 0 Å². The lowest BCUT2D eigenvalue weighted by atomic mass is 10.0. The van der Waals surface area contributed by atoms with Crippen LogP contribution in [0.3, 0.4) is 0 Å². The van der Waals surface area contributed by atoms with Gasteiger partial charge in [0.1, 0.15) is 35.7 Å². The molecule has 0 radical (unpaired) electrons. The average Bonchev–Trinajstić information content (AvgIpc) is 3.38. The quantitative estimate of drug-likeness (QED) is 0.657. The topological polar surface area (TPSA) is 69.6 Å². The van der Waals surface area contributed by atoms with Crippen molar-refractivity contribution in [3.63, 3.8) is 0 Å². The number of ether oxygens (including phenoxy) is 5. The molecule has 2 aromatic rings. The minimum atomic E-state index is -0.565. The lowest BCUT2D eigenvalue weighted by Gasteiger charge is -2.21. The van der Waals surface area contributed by atoms with Crippen LogP contribution in [0, 0.1) is 11.8 Å². The fourth-order valence-corrected chi connectivity index (χ4v) is 4.44. The zero-order valence-electron chi connectivity index (χ0n) is 18.4. The Morgan fingerprint density at radius 2 is 1.65 bits per heavy atom. The average molecular weight is 430 g/mol. The lowest BCUT2D eigenvalue weighted by molar-refractivity contribution is 0.0675. The van der Waals surface area contributed by atoms with Crippen molar-refractivity contribution >= 4 is 0 Å². The molecule has 0 spiro atoms. The first kappa shape index (κ1) is 21.7. The molecule has 2 aliphatic rings. The number of aliphatic hydroxyl groups is 1. The van der Waals surface area contributed by atoms with E-state index in [9.17, 15) is 5.11 Å². The van der Waals surface area contributed by atoms with Gasteiger partial charge < -0.3 is 28.8 Å². The van der Waals surface area contributed by atoms with Crippen molar-refractivity contribution in [2.24, 2.45) is 11.8 Å². The molecule has 0 aliphatic carbocycles. The number of methoxy groups -OCH3 is 3. The molecule has 7 heteroatoms. The van der Waals surface area contributed by atoms with Crippen LogP contribution in [0.4, 0.5) is 0 Å². The summed E-state index contributed by atoms with van der Waals surface area (Å²) in [5, 5.41) is 10.5. The van der Waals surface area contributed by atoms with Gasteiger partial charge in [-0.2, -0.15) is 0 Å². The summed E-state index contributed by atoms with van der Waals surface area (Å²) >= 11 is 0. The molecule has 31 heavy (non-hydrogen) atoms. The van der Waals surface area contributed by atoms with Crippen LogP contribution in [0.25, 0.3) is 11.1 Å². The Morgan fingerprint density at radius 3 is 2.32 bits per heavy atom. The number of fused-ring (bicyclic) bond motifs is 1. The van der Waals surface area contributed by atoms with E-state index in [-0.39, 0.29) is 6.61 Å². The monoisotopic (exact) mass is 429 g/mol. The third kappa shape index (κ3) is 5.06. The Morgan fingerprint density at radius 1 is 0.935 bits per heavy atom. The van der Waals surface area contributed by atoms with E-state index >= 15 is 0 Å². The van der Waals surface area contributed by atoms with Gasteiger partial charge in [-0.05, 0) is 29.8 Å². The smallest absolute Gasteiger partial charge is 0.130 e. The largest absolute Gasteiger partial charge is 0.497 e. The van der Waals surface area contributed by atoms with E-state index in [0.29, 0.717) is 35.6 Å². The van der Waals surface area contributed by atoms with Crippen molar-refractivity contribution < 1.29 is 28.8 Å². The Balaban J connectivity index is 1.43. The number of hydrogen-bond acceptors (Lipinski definition) is 7. The van der Waals surface area contributed by atoms with Gasteiger partial charge in [-0.3, -0.25) is 4.90 Å². The second-order valence-electron chi connectivity index (χ2n) is 8.20. The van der Waals surface area contributed by atoms with Gasteiger partial charge in [0, 0.05) is 49.2 Å². The summed E-state index contributed by atoms with van der Waals surface area (Å²) in [4.78, 5) is 2.31. The third-order valence-corrected chi connectivity index (χ3v) is 6.06. The molecule has 1 unspecified atom stereocenters. The molecule has 2 aromatic carbocycles. The van der Waals surface area contributed by atoms with Crippen LogP contribution in [0.15, 0.2) is 36.4 Å². The minimum absolute atomic E-state index is 0.217. The van der Waals surface area contributed by atoms with Crippen LogP contribution in [0.5, 0.6) is 23.0 Å². The van der Waals surface area contributed by atoms with Gasteiger partial charge in [0.25, 0.3) is 0 Å². The third-order valence-electron chi connectivity index (χ3n) is 6.06. The van der Waals surface area contributed by atoms with Gasteiger partial charge in [0.15, 0.2) is 0 Å². The molecular weight excluding hydrogens is 398 g/mol. The van der Waals surface area contributed by atoms with E-state index in [0.717, 1.165) is 43.2 Å². The van der Waals surface area contributed by atoms with Crippen LogP contribution in [-0.2, 0) is 4.74 Å². The standard InChI is InChI=1S/C24H31NO6/c1-27-20-4-5-23(24(9-20)29-3)16-6-21(28-2)8-22(7-16)31-15-19(26)12-25-10-17-13-30-14-18(17)11-25/h4-9,17-19,26H,10-15H2,1-3H3/t17-,18+,19?. The zero-order chi connectivity index (χ0) is 21.8. The summed E-state index contributed by atoms with van der Waals surface area (Å²) < 4.78 is 27.8. The summed E-state index contributed by atoms with van der Waals surface area (Å²) in [5.41, 5.74) is 1.80. The van der Waals surface area contributed by atoms with E-state index in [1.165, 1.54) is 0 Å². The Kier molecular flexibility index (Phi) is 6.85. The van der Waals surface area contributed by atoms with E-state index in [4.69, 9.17) is 23.7 Å². The molecule has 7 nitrogen and oxygen atoms in total. The van der Waals surface area contributed by atoms with E-state index in [1.54, 1.807) is 21.3 Å². The predicted octanol–water partition coefficient (Wildman–Crippen LogP) is 2.70. The zero-order valence-corrected chi connectivity index (χ0v) is 18.4. The van der Waals surface area contributed by atoms with Crippen molar-refractivity contribution in [1.29, 1.82) is 0 Å². The second-order valence-corrected chi connectivity index (χ2v) is 8.20.